The van der Waals surface area contributed by atoms with Crippen LogP contribution >= 0.6 is 0 Å². The average Bonchev–Trinajstić information content (AvgIpc) is 3.13. The molecule has 0 fully saturated rings. The zero-order valence-electron chi connectivity index (χ0n) is 19.8. The van der Waals surface area contributed by atoms with Crippen LogP contribution in [0.3, 0.4) is 0 Å². The largest absolute Gasteiger partial charge is 0.393 e. The summed E-state index contributed by atoms with van der Waals surface area (Å²) < 4.78 is 51.4. The summed E-state index contributed by atoms with van der Waals surface area (Å²) >= 11 is 0. The summed E-state index contributed by atoms with van der Waals surface area (Å²) in [6.45, 7) is 8.22. The third-order valence-corrected chi connectivity index (χ3v) is 6.06. The number of halogens is 4. The lowest BCUT2D eigenvalue weighted by Gasteiger charge is -2.32. The van der Waals surface area contributed by atoms with Gasteiger partial charge in [-0.15, -0.1) is 10.2 Å². The van der Waals surface area contributed by atoms with E-state index in [4.69, 9.17) is 4.98 Å². The van der Waals surface area contributed by atoms with Crippen LogP contribution in [0, 0.1) is 25.1 Å². The summed E-state index contributed by atoms with van der Waals surface area (Å²) in [5, 5.41) is 8.82. The first kappa shape index (κ1) is 23.9. The first-order valence-corrected chi connectivity index (χ1v) is 11.1. The fourth-order valence-corrected chi connectivity index (χ4v) is 3.99. The Balaban J connectivity index is 0.000000297. The van der Waals surface area contributed by atoms with Crippen molar-refractivity contribution >= 4 is 28.2 Å². The third kappa shape index (κ3) is 4.19. The number of aryl methyl sites for hydroxylation is 2. The Labute approximate surface area is 195 Å². The summed E-state index contributed by atoms with van der Waals surface area (Å²) in [4.78, 5) is 6.84. The number of anilines is 2. The normalized spacial score (nSPS) is 14.2. The van der Waals surface area contributed by atoms with Crippen molar-refractivity contribution < 1.29 is 17.6 Å². The van der Waals surface area contributed by atoms with E-state index in [-0.39, 0.29) is 5.82 Å². The smallest absolute Gasteiger partial charge is 0.325 e. The molecule has 0 saturated heterocycles. The molecule has 0 radical (unpaired) electrons. The Bertz CT molecular complexity index is 1340. The summed E-state index contributed by atoms with van der Waals surface area (Å²) in [5.41, 5.74) is 2.85. The molecule has 3 heterocycles. The first-order valence-electron chi connectivity index (χ1n) is 11.1. The molecule has 5 rings (SSSR count). The molecule has 0 bridgehead atoms. The van der Waals surface area contributed by atoms with Gasteiger partial charge in [-0.25, -0.2) is 4.39 Å². The van der Waals surface area contributed by atoms with Crippen molar-refractivity contribution in [2.75, 3.05) is 11.4 Å². The fraction of sp³-hybridized carbons (Fsp3) is 0.400. The van der Waals surface area contributed by atoms with Crippen LogP contribution in [-0.2, 0) is 6.42 Å². The van der Waals surface area contributed by atoms with Gasteiger partial charge in [0.15, 0.2) is 0 Å². The van der Waals surface area contributed by atoms with E-state index >= 15 is 0 Å². The number of aromatic nitrogens is 4. The van der Waals surface area contributed by atoms with E-state index in [9.17, 15) is 17.6 Å². The highest BCUT2D eigenvalue weighted by Gasteiger charge is 2.42. The van der Waals surface area contributed by atoms with E-state index in [2.05, 4.69) is 34.2 Å². The van der Waals surface area contributed by atoms with E-state index in [1.807, 2.05) is 23.5 Å². The van der Waals surface area contributed by atoms with Crippen molar-refractivity contribution in [3.05, 3.63) is 59.2 Å². The maximum Gasteiger partial charge on any atom is 0.393 e. The zero-order chi connectivity index (χ0) is 24.8. The molecule has 0 spiro atoms. The quantitative estimate of drug-likeness (QED) is 0.288. The van der Waals surface area contributed by atoms with Gasteiger partial charge in [-0.2, -0.15) is 18.2 Å². The van der Waals surface area contributed by atoms with Crippen LogP contribution in [0.4, 0.5) is 29.1 Å². The molecule has 5 nitrogen and oxygen atoms in total. The number of benzene rings is 2. The summed E-state index contributed by atoms with van der Waals surface area (Å²) in [6.07, 6.45) is -2.02. The van der Waals surface area contributed by atoms with Gasteiger partial charge < -0.3 is 4.90 Å². The second-order valence-corrected chi connectivity index (χ2v) is 9.53. The summed E-state index contributed by atoms with van der Waals surface area (Å²) in [5.74, 6) is 1.53. The molecule has 0 amide bonds. The van der Waals surface area contributed by atoms with Crippen molar-refractivity contribution in [2.45, 2.75) is 53.6 Å². The van der Waals surface area contributed by atoms with E-state index in [0.717, 1.165) is 51.4 Å². The minimum absolute atomic E-state index is 0.278. The average molecular weight is 474 g/mol. The molecule has 2 aromatic heterocycles. The number of fused-ring (bicyclic) bond motifs is 4. The fourth-order valence-electron chi connectivity index (χ4n) is 3.99. The number of hydrogen-bond donors (Lipinski definition) is 0. The predicted octanol–water partition coefficient (Wildman–Crippen LogP) is 6.71. The maximum absolute atomic E-state index is 14.9. The molecule has 4 aromatic rings. The first-order chi connectivity index (χ1) is 15.9. The lowest BCUT2D eigenvalue weighted by atomic mass is 9.96. The SMILES string of the molecule is CC(C)(C)C(F)(F)F.Cc1cccc2c1CCCN2c1nc2nnc(C)n2c2cccc(F)c12. The van der Waals surface area contributed by atoms with Crippen LogP contribution in [0.15, 0.2) is 36.4 Å². The molecular formula is C25H27F4N5. The summed E-state index contributed by atoms with van der Waals surface area (Å²) in [7, 11) is 0. The highest BCUT2D eigenvalue weighted by atomic mass is 19.4. The Morgan fingerprint density at radius 2 is 1.62 bits per heavy atom. The third-order valence-electron chi connectivity index (χ3n) is 6.06. The lowest BCUT2D eigenvalue weighted by molar-refractivity contribution is -0.204. The maximum atomic E-state index is 14.9. The molecular weight excluding hydrogens is 446 g/mol. The van der Waals surface area contributed by atoms with Crippen LogP contribution in [0.1, 0.15) is 44.1 Å². The Hall–Kier alpha value is -3.23. The number of alkyl halides is 3. The summed E-state index contributed by atoms with van der Waals surface area (Å²) in [6, 6.07) is 11.4. The van der Waals surface area contributed by atoms with E-state index in [0.29, 0.717) is 22.8 Å². The zero-order valence-corrected chi connectivity index (χ0v) is 19.8. The van der Waals surface area contributed by atoms with Gasteiger partial charge in [0.2, 0.25) is 0 Å². The molecule has 0 unspecified atom stereocenters. The van der Waals surface area contributed by atoms with Gasteiger partial charge in [-0.05, 0) is 56.0 Å². The monoisotopic (exact) mass is 473 g/mol. The topological polar surface area (TPSA) is 46.3 Å². The standard InChI is InChI=1S/C20H18FN5.C5H9F3/c1-12-6-3-9-16-14(12)7-5-11-25(16)19-18-15(21)8-4-10-17(18)26-13(2)23-24-20(26)22-19;1-4(2,3)5(6,7)8/h3-4,6,8-10H,5,7,11H2,1-2H3;1-3H3. The second kappa shape index (κ2) is 8.52. The van der Waals surface area contributed by atoms with Gasteiger partial charge in [0.1, 0.15) is 17.5 Å². The van der Waals surface area contributed by atoms with Gasteiger partial charge in [0.05, 0.1) is 16.3 Å². The molecule has 0 aliphatic carbocycles. The second-order valence-electron chi connectivity index (χ2n) is 9.53. The van der Waals surface area contributed by atoms with Crippen molar-refractivity contribution in [2.24, 2.45) is 5.41 Å². The van der Waals surface area contributed by atoms with Gasteiger partial charge in [0.25, 0.3) is 5.78 Å². The minimum Gasteiger partial charge on any atom is -0.325 e. The molecule has 9 heteroatoms. The minimum atomic E-state index is -4.06. The molecule has 0 N–H and O–H groups in total. The Morgan fingerprint density at radius 1 is 0.941 bits per heavy atom. The molecule has 180 valence electrons. The number of hydrogen-bond acceptors (Lipinski definition) is 4. The van der Waals surface area contributed by atoms with Crippen LogP contribution in [-0.4, -0.2) is 32.3 Å². The molecule has 1 aliphatic heterocycles. The molecule has 0 atom stereocenters. The molecule has 2 aromatic carbocycles. The predicted molar refractivity (Wildman–Crippen MR) is 125 cm³/mol. The van der Waals surface area contributed by atoms with Gasteiger partial charge >= 0.3 is 6.18 Å². The van der Waals surface area contributed by atoms with E-state index in [1.54, 1.807) is 6.07 Å². The van der Waals surface area contributed by atoms with E-state index in [1.165, 1.54) is 17.2 Å². The molecule has 1 aliphatic rings. The highest BCUT2D eigenvalue weighted by Crippen LogP contribution is 2.39. The van der Waals surface area contributed by atoms with Crippen LogP contribution in [0.25, 0.3) is 16.7 Å². The van der Waals surface area contributed by atoms with Crippen molar-refractivity contribution in [1.82, 2.24) is 19.6 Å². The van der Waals surface area contributed by atoms with Crippen LogP contribution in [0.5, 0.6) is 0 Å². The van der Waals surface area contributed by atoms with Crippen LogP contribution < -0.4 is 4.90 Å². The lowest BCUT2D eigenvalue weighted by Crippen LogP contribution is -2.28. The molecule has 0 saturated carbocycles. The van der Waals surface area contributed by atoms with Gasteiger partial charge in [-0.3, -0.25) is 4.40 Å². The van der Waals surface area contributed by atoms with Crippen LogP contribution in [0.2, 0.25) is 0 Å². The van der Waals surface area contributed by atoms with Crippen molar-refractivity contribution in [1.29, 1.82) is 0 Å². The number of nitrogens with zero attached hydrogens (tertiary/aromatic N) is 5. The Kier molecular flexibility index (Phi) is 5.99. The Morgan fingerprint density at radius 3 is 2.29 bits per heavy atom. The highest BCUT2D eigenvalue weighted by molar-refractivity contribution is 5.94. The van der Waals surface area contributed by atoms with Gasteiger partial charge in [-0.1, -0.05) is 39.0 Å². The van der Waals surface area contributed by atoms with E-state index < -0.39 is 11.6 Å². The number of rotatable bonds is 1. The van der Waals surface area contributed by atoms with Gasteiger partial charge in [0, 0.05) is 12.2 Å². The van der Waals surface area contributed by atoms with Crippen molar-refractivity contribution in [3.8, 4) is 0 Å². The molecule has 34 heavy (non-hydrogen) atoms. The van der Waals surface area contributed by atoms with Crippen molar-refractivity contribution in [3.63, 3.8) is 0 Å².